The average Bonchev–Trinajstić information content (AvgIpc) is 2.20. The first-order valence-corrected chi connectivity index (χ1v) is 6.53. The van der Waals surface area contributed by atoms with Crippen molar-refractivity contribution < 1.29 is 9.84 Å². The van der Waals surface area contributed by atoms with Crippen LogP contribution in [-0.2, 0) is 4.74 Å². The molecule has 86 valence electrons. The van der Waals surface area contributed by atoms with Gasteiger partial charge in [-0.2, -0.15) is 11.8 Å². The molecule has 0 aliphatic heterocycles. The number of nitrogens with zero attached hydrogens (tertiary/aromatic N) is 1. The number of aliphatic hydroxyl groups excluding tert-OH is 1. The minimum atomic E-state index is 0.117. The van der Waals surface area contributed by atoms with E-state index in [1.165, 1.54) is 12.2 Å². The molecule has 0 aromatic carbocycles. The van der Waals surface area contributed by atoms with Crippen molar-refractivity contribution in [3.8, 4) is 0 Å². The topological polar surface area (TPSA) is 32.7 Å². The second-order valence-electron chi connectivity index (χ2n) is 3.33. The molecule has 0 rings (SSSR count). The van der Waals surface area contributed by atoms with Crippen LogP contribution in [0.1, 0.15) is 13.3 Å². The smallest absolute Gasteiger partial charge is 0.0698 e. The summed E-state index contributed by atoms with van der Waals surface area (Å²) in [7, 11) is 2.13. The quantitative estimate of drug-likeness (QED) is 0.590. The molecular weight excluding hydrogens is 198 g/mol. The van der Waals surface area contributed by atoms with Gasteiger partial charge >= 0.3 is 0 Å². The molecule has 1 unspecified atom stereocenters. The number of hydrogen-bond acceptors (Lipinski definition) is 4. The van der Waals surface area contributed by atoms with Crippen molar-refractivity contribution >= 4 is 11.8 Å². The molecule has 0 aliphatic rings. The number of thioether (sulfide) groups is 1. The molecule has 0 amide bonds. The van der Waals surface area contributed by atoms with Gasteiger partial charge in [0.15, 0.2) is 0 Å². The molecule has 3 nitrogen and oxygen atoms in total. The Morgan fingerprint density at radius 3 is 2.64 bits per heavy atom. The zero-order valence-corrected chi connectivity index (χ0v) is 10.3. The van der Waals surface area contributed by atoms with Gasteiger partial charge in [-0.05, 0) is 19.7 Å². The lowest BCUT2D eigenvalue weighted by Gasteiger charge is -2.26. The molecule has 0 fully saturated rings. The van der Waals surface area contributed by atoms with E-state index >= 15 is 0 Å². The first kappa shape index (κ1) is 14.2. The lowest BCUT2D eigenvalue weighted by molar-refractivity contribution is 0.0720. The third kappa shape index (κ3) is 6.65. The highest BCUT2D eigenvalue weighted by atomic mass is 32.2. The number of rotatable bonds is 9. The second-order valence-corrected chi connectivity index (χ2v) is 4.24. The summed E-state index contributed by atoms with van der Waals surface area (Å²) >= 11 is 1.88. The van der Waals surface area contributed by atoms with Gasteiger partial charge in [0.2, 0.25) is 0 Å². The van der Waals surface area contributed by atoms with Crippen LogP contribution in [0, 0.1) is 0 Å². The lowest BCUT2D eigenvalue weighted by Crippen LogP contribution is -2.35. The zero-order valence-electron chi connectivity index (χ0n) is 9.53. The van der Waals surface area contributed by atoms with Crippen molar-refractivity contribution in [3.05, 3.63) is 0 Å². The predicted molar refractivity (Wildman–Crippen MR) is 63.0 cm³/mol. The fourth-order valence-corrected chi connectivity index (χ4v) is 2.18. The summed E-state index contributed by atoms with van der Waals surface area (Å²) in [5.74, 6) is 1.17. The highest BCUT2D eigenvalue weighted by molar-refractivity contribution is 7.98. The van der Waals surface area contributed by atoms with Crippen LogP contribution in [0.15, 0.2) is 0 Å². The SMILES string of the molecule is CCC(CSC)N(C)CCOCCO. The predicted octanol–water partition coefficient (Wildman–Crippen LogP) is 1.07. The van der Waals surface area contributed by atoms with Crippen LogP contribution < -0.4 is 0 Å². The summed E-state index contributed by atoms with van der Waals surface area (Å²) in [6, 6.07) is 0.641. The number of ether oxygens (including phenoxy) is 1. The van der Waals surface area contributed by atoms with E-state index in [9.17, 15) is 0 Å². The van der Waals surface area contributed by atoms with Crippen molar-refractivity contribution in [2.45, 2.75) is 19.4 Å². The monoisotopic (exact) mass is 221 g/mol. The van der Waals surface area contributed by atoms with Gasteiger partial charge in [0, 0.05) is 18.3 Å². The van der Waals surface area contributed by atoms with Gasteiger partial charge in [0.05, 0.1) is 19.8 Å². The molecule has 0 spiro atoms. The normalized spacial score (nSPS) is 13.5. The van der Waals surface area contributed by atoms with Crippen LogP contribution in [0.5, 0.6) is 0 Å². The van der Waals surface area contributed by atoms with Gasteiger partial charge in [0.1, 0.15) is 0 Å². The third-order valence-corrected chi connectivity index (χ3v) is 3.00. The molecule has 0 bridgehead atoms. The summed E-state index contributed by atoms with van der Waals surface area (Å²) in [6.07, 6.45) is 3.32. The molecule has 0 aromatic rings. The van der Waals surface area contributed by atoms with E-state index in [2.05, 4.69) is 25.1 Å². The van der Waals surface area contributed by atoms with E-state index in [0.29, 0.717) is 19.3 Å². The van der Waals surface area contributed by atoms with Crippen molar-refractivity contribution in [1.29, 1.82) is 0 Å². The molecule has 0 aromatic heterocycles. The van der Waals surface area contributed by atoms with Gasteiger partial charge in [-0.25, -0.2) is 0 Å². The first-order chi connectivity index (χ1) is 6.76. The fraction of sp³-hybridized carbons (Fsp3) is 1.00. The molecule has 1 atom stereocenters. The summed E-state index contributed by atoms with van der Waals surface area (Å²) in [5.41, 5.74) is 0. The highest BCUT2D eigenvalue weighted by Gasteiger charge is 2.10. The van der Waals surface area contributed by atoms with E-state index in [-0.39, 0.29) is 6.61 Å². The first-order valence-electron chi connectivity index (χ1n) is 5.14. The Labute approximate surface area is 91.8 Å². The minimum Gasteiger partial charge on any atom is -0.394 e. The number of aliphatic hydroxyl groups is 1. The van der Waals surface area contributed by atoms with Crippen molar-refractivity contribution in [2.24, 2.45) is 0 Å². The Hall–Kier alpha value is 0.230. The van der Waals surface area contributed by atoms with Gasteiger partial charge in [-0.1, -0.05) is 6.92 Å². The molecule has 0 heterocycles. The van der Waals surface area contributed by atoms with Gasteiger partial charge in [0.25, 0.3) is 0 Å². The number of likely N-dealkylation sites (N-methyl/N-ethyl adjacent to an activating group) is 1. The fourth-order valence-electron chi connectivity index (χ4n) is 1.31. The molecule has 4 heteroatoms. The van der Waals surface area contributed by atoms with Crippen LogP contribution in [0.25, 0.3) is 0 Å². The maximum Gasteiger partial charge on any atom is 0.0698 e. The Morgan fingerprint density at radius 2 is 2.14 bits per heavy atom. The molecule has 0 saturated carbocycles. The summed E-state index contributed by atoms with van der Waals surface area (Å²) < 4.78 is 5.23. The maximum absolute atomic E-state index is 8.53. The maximum atomic E-state index is 8.53. The van der Waals surface area contributed by atoms with Crippen molar-refractivity contribution in [3.63, 3.8) is 0 Å². The Balaban J connectivity index is 3.52. The molecule has 14 heavy (non-hydrogen) atoms. The van der Waals surface area contributed by atoms with Crippen LogP contribution in [0.2, 0.25) is 0 Å². The Bertz CT molecular complexity index is 125. The second kappa shape index (κ2) is 9.77. The van der Waals surface area contributed by atoms with Crippen molar-refractivity contribution in [1.82, 2.24) is 4.90 Å². The average molecular weight is 221 g/mol. The molecule has 0 radical (unpaired) electrons. The number of hydrogen-bond donors (Lipinski definition) is 1. The van der Waals surface area contributed by atoms with Crippen LogP contribution in [-0.4, -0.2) is 61.5 Å². The standard InChI is InChI=1S/C10H23NO2S/c1-4-10(9-14-3)11(2)5-7-13-8-6-12/h10,12H,4-9H2,1-3H3. The lowest BCUT2D eigenvalue weighted by atomic mass is 10.2. The summed E-state index contributed by atoms with van der Waals surface area (Å²) in [5, 5.41) is 8.53. The van der Waals surface area contributed by atoms with Crippen LogP contribution >= 0.6 is 11.8 Å². The minimum absolute atomic E-state index is 0.117. The summed E-state index contributed by atoms with van der Waals surface area (Å²) in [4.78, 5) is 2.33. The molecule has 1 N–H and O–H groups in total. The van der Waals surface area contributed by atoms with E-state index in [4.69, 9.17) is 9.84 Å². The van der Waals surface area contributed by atoms with Crippen molar-refractivity contribution in [2.75, 3.05) is 45.4 Å². The van der Waals surface area contributed by atoms with E-state index < -0.39 is 0 Å². The molecular formula is C10H23NO2S. The third-order valence-electron chi connectivity index (χ3n) is 2.28. The Kier molecular flexibility index (Phi) is 9.93. The van der Waals surface area contributed by atoms with Gasteiger partial charge in [-0.3, -0.25) is 0 Å². The molecule has 0 saturated heterocycles. The highest BCUT2D eigenvalue weighted by Crippen LogP contribution is 2.07. The molecule has 0 aliphatic carbocycles. The van der Waals surface area contributed by atoms with E-state index in [0.717, 1.165) is 6.54 Å². The van der Waals surface area contributed by atoms with Gasteiger partial charge < -0.3 is 14.7 Å². The van der Waals surface area contributed by atoms with Gasteiger partial charge in [-0.15, -0.1) is 0 Å². The largest absolute Gasteiger partial charge is 0.394 e. The van der Waals surface area contributed by atoms with Crippen LogP contribution in [0.3, 0.4) is 0 Å². The Morgan fingerprint density at radius 1 is 1.43 bits per heavy atom. The van der Waals surface area contributed by atoms with Crippen LogP contribution in [0.4, 0.5) is 0 Å². The summed E-state index contributed by atoms with van der Waals surface area (Å²) in [6.45, 7) is 4.44. The zero-order chi connectivity index (χ0) is 10.8. The van der Waals surface area contributed by atoms with E-state index in [1.54, 1.807) is 0 Å². The van der Waals surface area contributed by atoms with E-state index in [1.807, 2.05) is 11.8 Å².